The van der Waals surface area contributed by atoms with E-state index in [0.29, 0.717) is 5.82 Å². The van der Waals surface area contributed by atoms with E-state index in [4.69, 9.17) is 5.73 Å². The molecule has 4 heterocycles. The molecule has 0 radical (unpaired) electrons. The number of anilines is 1. The summed E-state index contributed by atoms with van der Waals surface area (Å²) < 4.78 is 3.73. The number of aromatic nitrogens is 5. The maximum Gasteiger partial charge on any atom is 0.157 e. The fourth-order valence-corrected chi connectivity index (χ4v) is 2.45. The molecule has 4 aromatic rings. The van der Waals surface area contributed by atoms with Crippen LogP contribution in [0.25, 0.3) is 27.7 Å². The Morgan fingerprint density at radius 3 is 3.00 bits per heavy atom. The molecule has 4 rings (SSSR count). The smallest absolute Gasteiger partial charge is 0.157 e. The molecule has 0 aliphatic rings. The molecule has 20 heavy (non-hydrogen) atoms. The second kappa shape index (κ2) is 3.80. The molecule has 4 aromatic heterocycles. The van der Waals surface area contributed by atoms with Crippen molar-refractivity contribution in [1.29, 1.82) is 0 Å². The standard InChI is InChI=1S/C14H12N6/c1-19-3-2-10-11(6-16-7-12(10)19)9-5-17-14-4-13(15)18-20(14)8-9/h2-8H,1H3,(H2,15,18). The molecule has 0 amide bonds. The highest BCUT2D eigenvalue weighted by atomic mass is 15.3. The molecule has 98 valence electrons. The molecular formula is C14H12N6. The Balaban J connectivity index is 2.00. The van der Waals surface area contributed by atoms with E-state index in [1.54, 1.807) is 10.6 Å². The van der Waals surface area contributed by atoms with Crippen LogP contribution in [0.3, 0.4) is 0 Å². The van der Waals surface area contributed by atoms with Crippen molar-refractivity contribution in [3.8, 4) is 11.1 Å². The van der Waals surface area contributed by atoms with Crippen LogP contribution in [0.15, 0.2) is 43.1 Å². The molecule has 0 bridgehead atoms. The van der Waals surface area contributed by atoms with Gasteiger partial charge in [-0.15, -0.1) is 5.10 Å². The van der Waals surface area contributed by atoms with Crippen LogP contribution >= 0.6 is 0 Å². The third-order valence-electron chi connectivity index (χ3n) is 3.45. The number of nitrogens with zero attached hydrogens (tertiary/aromatic N) is 5. The summed E-state index contributed by atoms with van der Waals surface area (Å²) in [6.07, 6.45) is 9.46. The molecule has 6 nitrogen and oxygen atoms in total. The summed E-state index contributed by atoms with van der Waals surface area (Å²) in [4.78, 5) is 8.68. The Kier molecular flexibility index (Phi) is 2.09. The zero-order valence-electron chi connectivity index (χ0n) is 10.9. The lowest BCUT2D eigenvalue weighted by Crippen LogP contribution is -1.93. The highest BCUT2D eigenvalue weighted by Gasteiger charge is 2.09. The highest BCUT2D eigenvalue weighted by Crippen LogP contribution is 2.27. The predicted octanol–water partition coefficient (Wildman–Crippen LogP) is 1.87. The monoisotopic (exact) mass is 264 g/mol. The number of nitrogen functional groups attached to an aromatic ring is 1. The fraction of sp³-hybridized carbons (Fsp3) is 0.0714. The summed E-state index contributed by atoms with van der Waals surface area (Å²) in [5, 5.41) is 5.33. The molecule has 6 heteroatoms. The second-order valence-corrected chi connectivity index (χ2v) is 4.76. The van der Waals surface area contributed by atoms with Gasteiger partial charge in [-0.1, -0.05) is 0 Å². The van der Waals surface area contributed by atoms with Gasteiger partial charge in [-0.3, -0.25) is 4.98 Å². The van der Waals surface area contributed by atoms with E-state index in [1.165, 1.54) is 0 Å². The average Bonchev–Trinajstić information content (AvgIpc) is 3.00. The molecule has 0 unspecified atom stereocenters. The lowest BCUT2D eigenvalue weighted by Gasteiger charge is -2.04. The van der Waals surface area contributed by atoms with E-state index in [1.807, 2.05) is 42.6 Å². The predicted molar refractivity (Wildman–Crippen MR) is 77.1 cm³/mol. The summed E-state index contributed by atoms with van der Waals surface area (Å²) in [5.41, 5.74) is 9.50. The van der Waals surface area contributed by atoms with Crippen molar-refractivity contribution in [1.82, 2.24) is 24.1 Å². The quantitative estimate of drug-likeness (QED) is 0.569. The van der Waals surface area contributed by atoms with Gasteiger partial charge in [0.25, 0.3) is 0 Å². The van der Waals surface area contributed by atoms with Gasteiger partial charge in [-0.05, 0) is 6.07 Å². The van der Waals surface area contributed by atoms with E-state index in [9.17, 15) is 0 Å². The first-order valence-electron chi connectivity index (χ1n) is 6.23. The van der Waals surface area contributed by atoms with Crippen LogP contribution in [-0.2, 0) is 7.05 Å². The van der Waals surface area contributed by atoms with E-state index in [2.05, 4.69) is 21.1 Å². The van der Waals surface area contributed by atoms with Gasteiger partial charge in [-0.25, -0.2) is 9.50 Å². The Bertz CT molecular complexity index is 933. The first-order chi connectivity index (χ1) is 9.72. The van der Waals surface area contributed by atoms with Crippen molar-refractivity contribution >= 4 is 22.4 Å². The van der Waals surface area contributed by atoms with Gasteiger partial charge in [0.05, 0.1) is 11.7 Å². The number of hydrogen-bond acceptors (Lipinski definition) is 4. The third kappa shape index (κ3) is 1.48. The summed E-state index contributed by atoms with van der Waals surface area (Å²) in [6.45, 7) is 0. The summed E-state index contributed by atoms with van der Waals surface area (Å²) in [5.74, 6) is 0.464. The largest absolute Gasteiger partial charge is 0.382 e. The van der Waals surface area contributed by atoms with Crippen LogP contribution in [0.5, 0.6) is 0 Å². The van der Waals surface area contributed by atoms with Crippen molar-refractivity contribution in [3.05, 3.63) is 43.1 Å². The van der Waals surface area contributed by atoms with Crippen LogP contribution in [0.1, 0.15) is 0 Å². The average molecular weight is 264 g/mol. The number of pyridine rings is 1. The van der Waals surface area contributed by atoms with Crippen molar-refractivity contribution in [2.75, 3.05) is 5.73 Å². The van der Waals surface area contributed by atoms with Crippen LogP contribution in [0, 0.1) is 0 Å². The molecule has 0 fully saturated rings. The molecule has 0 saturated heterocycles. The van der Waals surface area contributed by atoms with Gasteiger partial charge in [0, 0.05) is 54.4 Å². The molecule has 0 spiro atoms. The van der Waals surface area contributed by atoms with E-state index in [0.717, 1.165) is 27.7 Å². The maximum atomic E-state index is 5.69. The molecule has 0 saturated carbocycles. The highest BCUT2D eigenvalue weighted by molar-refractivity contribution is 5.94. The molecule has 0 atom stereocenters. The van der Waals surface area contributed by atoms with Crippen molar-refractivity contribution in [3.63, 3.8) is 0 Å². The van der Waals surface area contributed by atoms with Crippen molar-refractivity contribution in [2.45, 2.75) is 0 Å². The Morgan fingerprint density at radius 2 is 2.10 bits per heavy atom. The zero-order valence-corrected chi connectivity index (χ0v) is 10.9. The number of fused-ring (bicyclic) bond motifs is 2. The Hall–Kier alpha value is -2.89. The normalized spacial score (nSPS) is 11.4. The minimum atomic E-state index is 0.464. The number of aryl methyl sites for hydroxylation is 1. The van der Waals surface area contributed by atoms with Crippen LogP contribution < -0.4 is 5.73 Å². The first kappa shape index (κ1) is 11.0. The number of hydrogen-bond donors (Lipinski definition) is 1. The lowest BCUT2D eigenvalue weighted by molar-refractivity contribution is 0.947. The van der Waals surface area contributed by atoms with Crippen molar-refractivity contribution in [2.24, 2.45) is 7.05 Å². The molecular weight excluding hydrogens is 252 g/mol. The van der Waals surface area contributed by atoms with Gasteiger partial charge < -0.3 is 10.3 Å². The van der Waals surface area contributed by atoms with Gasteiger partial charge in [0.1, 0.15) is 5.82 Å². The topological polar surface area (TPSA) is 74.0 Å². The van der Waals surface area contributed by atoms with Crippen LogP contribution in [-0.4, -0.2) is 24.1 Å². The van der Waals surface area contributed by atoms with E-state index < -0.39 is 0 Å². The Morgan fingerprint density at radius 1 is 1.20 bits per heavy atom. The van der Waals surface area contributed by atoms with Gasteiger partial charge >= 0.3 is 0 Å². The molecule has 2 N–H and O–H groups in total. The molecule has 0 aliphatic carbocycles. The summed E-state index contributed by atoms with van der Waals surface area (Å²) in [7, 11) is 2.00. The van der Waals surface area contributed by atoms with Crippen molar-refractivity contribution < 1.29 is 0 Å². The maximum absolute atomic E-state index is 5.69. The third-order valence-corrected chi connectivity index (χ3v) is 3.45. The minimum absolute atomic E-state index is 0.464. The van der Waals surface area contributed by atoms with E-state index >= 15 is 0 Å². The minimum Gasteiger partial charge on any atom is -0.382 e. The molecule has 0 aromatic carbocycles. The van der Waals surface area contributed by atoms with Gasteiger partial charge in [-0.2, -0.15) is 0 Å². The first-order valence-corrected chi connectivity index (χ1v) is 6.23. The lowest BCUT2D eigenvalue weighted by atomic mass is 10.1. The second-order valence-electron chi connectivity index (χ2n) is 4.76. The van der Waals surface area contributed by atoms with Crippen LogP contribution in [0.2, 0.25) is 0 Å². The van der Waals surface area contributed by atoms with Gasteiger partial charge in [0.15, 0.2) is 5.65 Å². The molecule has 0 aliphatic heterocycles. The number of nitrogens with two attached hydrogens (primary N) is 1. The summed E-state index contributed by atoms with van der Waals surface area (Å²) >= 11 is 0. The van der Waals surface area contributed by atoms with Gasteiger partial charge in [0.2, 0.25) is 0 Å². The zero-order chi connectivity index (χ0) is 13.7. The number of rotatable bonds is 1. The fourth-order valence-electron chi connectivity index (χ4n) is 2.45. The van der Waals surface area contributed by atoms with Crippen LogP contribution in [0.4, 0.5) is 5.82 Å². The SMILES string of the molecule is Cn1ccc2c(-c3cnc4cc(N)nn4c3)cncc21. The van der Waals surface area contributed by atoms with E-state index in [-0.39, 0.29) is 0 Å². The Labute approximate surface area is 114 Å². The summed E-state index contributed by atoms with van der Waals surface area (Å²) in [6, 6.07) is 3.82.